The molecular formula is C21H29N3O2. The number of unbranched alkanes of at least 4 members (excludes halogenated alkanes) is 1. The molecule has 26 heavy (non-hydrogen) atoms. The van der Waals surface area contributed by atoms with Gasteiger partial charge in [-0.25, -0.2) is 0 Å². The van der Waals surface area contributed by atoms with Gasteiger partial charge in [-0.15, -0.1) is 0 Å². The van der Waals surface area contributed by atoms with Gasteiger partial charge in [0.2, 0.25) is 0 Å². The molecule has 140 valence electrons. The van der Waals surface area contributed by atoms with E-state index in [1.165, 1.54) is 4.90 Å². The lowest BCUT2D eigenvalue weighted by atomic mass is 10.0. The summed E-state index contributed by atoms with van der Waals surface area (Å²) in [5, 5.41) is 0. The standard InChI is InChI=1S/C21H29N3O2/c1-4-6-11-24-20(25)18(17-9-7-16(3)8-10-17)19(21(24)26)23-14-12-22(5-2)13-15-23/h7-10H,4-6,11-15H2,1-3H3. The van der Waals surface area contributed by atoms with Crippen LogP contribution < -0.4 is 0 Å². The van der Waals surface area contributed by atoms with Crippen molar-refractivity contribution in [1.82, 2.24) is 14.7 Å². The molecule has 0 spiro atoms. The lowest BCUT2D eigenvalue weighted by molar-refractivity contribution is -0.137. The number of piperazine rings is 1. The minimum Gasteiger partial charge on any atom is -0.364 e. The average molecular weight is 355 g/mol. The Hall–Kier alpha value is -2.14. The second-order valence-corrected chi connectivity index (χ2v) is 7.13. The number of rotatable bonds is 6. The van der Waals surface area contributed by atoms with E-state index in [0.717, 1.165) is 56.7 Å². The summed E-state index contributed by atoms with van der Waals surface area (Å²) in [4.78, 5) is 32.1. The van der Waals surface area contributed by atoms with Gasteiger partial charge >= 0.3 is 0 Å². The van der Waals surface area contributed by atoms with E-state index >= 15 is 0 Å². The summed E-state index contributed by atoms with van der Waals surface area (Å²) in [5.41, 5.74) is 3.18. The van der Waals surface area contributed by atoms with Crippen LogP contribution in [-0.2, 0) is 9.59 Å². The molecular weight excluding hydrogens is 326 g/mol. The Balaban J connectivity index is 1.96. The molecule has 1 fully saturated rings. The first-order valence-electron chi connectivity index (χ1n) is 9.71. The number of aryl methyl sites for hydroxylation is 1. The maximum atomic E-state index is 13.1. The minimum absolute atomic E-state index is 0.121. The lowest BCUT2D eigenvalue weighted by Crippen LogP contribution is -2.47. The van der Waals surface area contributed by atoms with Gasteiger partial charge in [0.25, 0.3) is 11.8 Å². The Morgan fingerprint density at radius 3 is 2.15 bits per heavy atom. The van der Waals surface area contributed by atoms with Crippen LogP contribution in [0.15, 0.2) is 30.0 Å². The molecule has 0 saturated carbocycles. The van der Waals surface area contributed by atoms with Crippen LogP contribution in [0, 0.1) is 6.92 Å². The Bertz CT molecular complexity index is 700. The van der Waals surface area contributed by atoms with Crippen molar-refractivity contribution in [2.45, 2.75) is 33.6 Å². The molecule has 2 aliphatic heterocycles. The third-order valence-electron chi connectivity index (χ3n) is 5.35. The first kappa shape index (κ1) is 18.6. The maximum absolute atomic E-state index is 13.1. The van der Waals surface area contributed by atoms with E-state index in [-0.39, 0.29) is 11.8 Å². The van der Waals surface area contributed by atoms with Crippen molar-refractivity contribution in [3.63, 3.8) is 0 Å². The lowest BCUT2D eigenvalue weighted by Gasteiger charge is -2.36. The fourth-order valence-electron chi connectivity index (χ4n) is 3.64. The summed E-state index contributed by atoms with van der Waals surface area (Å²) >= 11 is 0. The highest BCUT2D eigenvalue weighted by Crippen LogP contribution is 2.32. The quantitative estimate of drug-likeness (QED) is 0.736. The monoisotopic (exact) mass is 355 g/mol. The molecule has 1 saturated heterocycles. The van der Waals surface area contributed by atoms with E-state index in [0.29, 0.717) is 17.8 Å². The molecule has 2 aliphatic rings. The van der Waals surface area contributed by atoms with E-state index in [2.05, 4.69) is 23.6 Å². The number of hydrogen-bond donors (Lipinski definition) is 0. The fraction of sp³-hybridized carbons (Fsp3) is 0.524. The number of likely N-dealkylation sites (N-methyl/N-ethyl adjacent to an activating group) is 1. The molecule has 0 aromatic heterocycles. The maximum Gasteiger partial charge on any atom is 0.277 e. The van der Waals surface area contributed by atoms with E-state index in [1.54, 1.807) is 0 Å². The van der Waals surface area contributed by atoms with Crippen molar-refractivity contribution in [3.05, 3.63) is 41.1 Å². The number of imide groups is 1. The van der Waals surface area contributed by atoms with Gasteiger partial charge in [-0.2, -0.15) is 0 Å². The van der Waals surface area contributed by atoms with Gasteiger partial charge in [0.05, 0.1) is 5.57 Å². The van der Waals surface area contributed by atoms with Crippen molar-refractivity contribution in [3.8, 4) is 0 Å². The van der Waals surface area contributed by atoms with Crippen LogP contribution in [0.4, 0.5) is 0 Å². The summed E-state index contributed by atoms with van der Waals surface area (Å²) in [5.74, 6) is -0.260. The summed E-state index contributed by atoms with van der Waals surface area (Å²) in [6.45, 7) is 11.2. The van der Waals surface area contributed by atoms with Crippen LogP contribution in [0.5, 0.6) is 0 Å². The molecule has 0 unspecified atom stereocenters. The van der Waals surface area contributed by atoms with Crippen LogP contribution in [-0.4, -0.2) is 65.8 Å². The second-order valence-electron chi connectivity index (χ2n) is 7.13. The number of hydrogen-bond acceptors (Lipinski definition) is 4. The summed E-state index contributed by atoms with van der Waals surface area (Å²) in [6.07, 6.45) is 1.80. The molecule has 0 aliphatic carbocycles. The van der Waals surface area contributed by atoms with Crippen molar-refractivity contribution in [2.24, 2.45) is 0 Å². The zero-order chi connectivity index (χ0) is 18.7. The van der Waals surface area contributed by atoms with Gasteiger partial charge in [-0.1, -0.05) is 50.1 Å². The predicted molar refractivity (Wildman–Crippen MR) is 103 cm³/mol. The van der Waals surface area contributed by atoms with Crippen LogP contribution in [0.25, 0.3) is 5.57 Å². The van der Waals surface area contributed by atoms with Crippen molar-refractivity contribution in [1.29, 1.82) is 0 Å². The molecule has 1 aromatic rings. The average Bonchev–Trinajstić information content (AvgIpc) is 2.91. The van der Waals surface area contributed by atoms with Gasteiger partial charge in [0, 0.05) is 32.7 Å². The van der Waals surface area contributed by atoms with Crippen molar-refractivity contribution < 1.29 is 9.59 Å². The summed E-state index contributed by atoms with van der Waals surface area (Å²) in [6, 6.07) is 7.92. The topological polar surface area (TPSA) is 43.9 Å². The molecule has 0 bridgehead atoms. The fourth-order valence-corrected chi connectivity index (χ4v) is 3.64. The zero-order valence-corrected chi connectivity index (χ0v) is 16.1. The first-order valence-corrected chi connectivity index (χ1v) is 9.71. The highest BCUT2D eigenvalue weighted by Gasteiger charge is 2.41. The molecule has 2 amide bonds. The second kappa shape index (κ2) is 8.04. The van der Waals surface area contributed by atoms with Gasteiger partial charge < -0.3 is 9.80 Å². The number of benzene rings is 1. The molecule has 5 heteroatoms. The Morgan fingerprint density at radius 2 is 1.58 bits per heavy atom. The molecule has 3 rings (SSSR count). The number of carbonyl (C=O) groups excluding carboxylic acids is 2. The van der Waals surface area contributed by atoms with Crippen molar-refractivity contribution in [2.75, 3.05) is 39.3 Å². The molecule has 0 N–H and O–H groups in total. The Labute approximate surface area is 156 Å². The first-order chi connectivity index (χ1) is 12.6. The predicted octanol–water partition coefficient (Wildman–Crippen LogP) is 2.51. The summed E-state index contributed by atoms with van der Waals surface area (Å²) < 4.78 is 0. The molecule has 1 aromatic carbocycles. The van der Waals surface area contributed by atoms with Crippen LogP contribution in [0.1, 0.15) is 37.8 Å². The van der Waals surface area contributed by atoms with E-state index in [1.807, 2.05) is 31.2 Å². The van der Waals surface area contributed by atoms with Gasteiger partial charge in [0.1, 0.15) is 5.70 Å². The van der Waals surface area contributed by atoms with Gasteiger partial charge in [0.15, 0.2) is 0 Å². The third kappa shape index (κ3) is 3.54. The Kier molecular flexibility index (Phi) is 5.77. The molecule has 0 atom stereocenters. The van der Waals surface area contributed by atoms with Crippen LogP contribution in [0.3, 0.4) is 0 Å². The van der Waals surface area contributed by atoms with Gasteiger partial charge in [-0.3, -0.25) is 14.5 Å². The highest BCUT2D eigenvalue weighted by molar-refractivity contribution is 6.35. The molecule has 5 nitrogen and oxygen atoms in total. The number of carbonyl (C=O) groups is 2. The molecule has 0 radical (unpaired) electrons. The summed E-state index contributed by atoms with van der Waals surface area (Å²) in [7, 11) is 0. The van der Waals surface area contributed by atoms with Gasteiger partial charge in [-0.05, 0) is 25.5 Å². The third-order valence-corrected chi connectivity index (χ3v) is 5.35. The normalized spacial score (nSPS) is 19.0. The van der Waals surface area contributed by atoms with Crippen LogP contribution in [0.2, 0.25) is 0 Å². The number of nitrogens with zero attached hydrogens (tertiary/aromatic N) is 3. The van der Waals surface area contributed by atoms with E-state index < -0.39 is 0 Å². The number of amides is 2. The minimum atomic E-state index is -0.139. The van der Waals surface area contributed by atoms with Crippen LogP contribution >= 0.6 is 0 Å². The van der Waals surface area contributed by atoms with E-state index in [9.17, 15) is 9.59 Å². The largest absolute Gasteiger partial charge is 0.364 e. The molecule has 2 heterocycles. The smallest absolute Gasteiger partial charge is 0.277 e. The van der Waals surface area contributed by atoms with Crippen molar-refractivity contribution >= 4 is 17.4 Å². The zero-order valence-electron chi connectivity index (χ0n) is 16.1. The Morgan fingerprint density at radius 1 is 0.923 bits per heavy atom. The highest BCUT2D eigenvalue weighted by atomic mass is 16.2. The SMILES string of the molecule is CCCCN1C(=O)C(c2ccc(C)cc2)=C(N2CCN(CC)CC2)C1=O. The van der Waals surface area contributed by atoms with E-state index in [4.69, 9.17) is 0 Å².